The highest BCUT2D eigenvalue weighted by atomic mass is 16.5. The summed E-state index contributed by atoms with van der Waals surface area (Å²) in [4.78, 5) is 0. The van der Waals surface area contributed by atoms with E-state index in [0.29, 0.717) is 5.92 Å². The van der Waals surface area contributed by atoms with Gasteiger partial charge in [0.25, 0.3) is 0 Å². The largest absolute Gasteiger partial charge is 0.496 e. The van der Waals surface area contributed by atoms with Crippen LogP contribution < -0.4 is 14.8 Å². The van der Waals surface area contributed by atoms with Gasteiger partial charge in [0.2, 0.25) is 0 Å². The van der Waals surface area contributed by atoms with E-state index in [1.54, 1.807) is 7.11 Å². The summed E-state index contributed by atoms with van der Waals surface area (Å²) in [7, 11) is 1.76. The van der Waals surface area contributed by atoms with Crippen LogP contribution in [0.2, 0.25) is 0 Å². The first-order valence-electron chi connectivity index (χ1n) is 10.3. The molecule has 5 rings (SSSR count). The molecule has 1 N–H and O–H groups in total. The van der Waals surface area contributed by atoms with Crippen LogP contribution in [0.5, 0.6) is 11.5 Å². The molecule has 0 saturated carbocycles. The number of hydrogen-bond acceptors (Lipinski definition) is 3. The molecule has 0 spiro atoms. The van der Waals surface area contributed by atoms with Gasteiger partial charge in [-0.05, 0) is 43.4 Å². The van der Waals surface area contributed by atoms with Crippen molar-refractivity contribution in [2.24, 2.45) is 0 Å². The van der Waals surface area contributed by atoms with Crippen molar-refractivity contribution in [2.75, 3.05) is 12.4 Å². The third-order valence-corrected chi connectivity index (χ3v) is 6.14. The molecule has 3 aromatic carbocycles. The maximum absolute atomic E-state index is 6.63. The molecule has 29 heavy (non-hydrogen) atoms. The topological polar surface area (TPSA) is 30.5 Å². The minimum absolute atomic E-state index is 0.0430. The number of hydrogen-bond donors (Lipinski definition) is 1. The zero-order valence-corrected chi connectivity index (χ0v) is 17.5. The lowest BCUT2D eigenvalue weighted by molar-refractivity contribution is 0.240. The summed E-state index contributed by atoms with van der Waals surface area (Å²) >= 11 is 0. The fourth-order valence-corrected chi connectivity index (χ4v) is 5.15. The summed E-state index contributed by atoms with van der Waals surface area (Å²) in [5, 5.41) is 3.75. The van der Waals surface area contributed by atoms with Crippen LogP contribution in [0.3, 0.4) is 0 Å². The standard InChI is InChI=1S/C26H27NO2/c1-16-15-26(2,3)27-19-14-21(28-4)23-18-12-8-9-13-20(18)29-25(24(23)22(16)19)17-10-6-5-7-11-17/h5-14,16,25,27H,15H2,1-4H3. The third kappa shape index (κ3) is 2.88. The zero-order valence-electron chi connectivity index (χ0n) is 17.5. The minimum atomic E-state index is -0.157. The van der Waals surface area contributed by atoms with Gasteiger partial charge in [-0.25, -0.2) is 0 Å². The Hall–Kier alpha value is -2.94. The van der Waals surface area contributed by atoms with E-state index in [2.05, 4.69) is 80.7 Å². The first-order valence-corrected chi connectivity index (χ1v) is 10.3. The number of anilines is 1. The Balaban J connectivity index is 1.85. The van der Waals surface area contributed by atoms with Gasteiger partial charge in [0.15, 0.2) is 0 Å². The van der Waals surface area contributed by atoms with Gasteiger partial charge in [-0.3, -0.25) is 0 Å². The van der Waals surface area contributed by atoms with Crippen molar-refractivity contribution in [3.05, 3.63) is 77.4 Å². The zero-order chi connectivity index (χ0) is 20.2. The second kappa shape index (κ2) is 6.55. The number of para-hydroxylation sites is 1. The molecule has 0 saturated heterocycles. The predicted molar refractivity (Wildman–Crippen MR) is 118 cm³/mol. The Labute approximate surface area is 172 Å². The lowest BCUT2D eigenvalue weighted by atomic mass is 9.75. The number of rotatable bonds is 2. The van der Waals surface area contributed by atoms with Crippen LogP contribution in [0.4, 0.5) is 5.69 Å². The number of nitrogens with one attached hydrogen (secondary N) is 1. The van der Waals surface area contributed by atoms with Crippen molar-refractivity contribution in [1.82, 2.24) is 0 Å². The van der Waals surface area contributed by atoms with Crippen LogP contribution in [0.25, 0.3) is 11.1 Å². The second-order valence-corrected chi connectivity index (χ2v) is 8.85. The first kappa shape index (κ1) is 18.1. The maximum atomic E-state index is 6.63. The molecule has 3 nitrogen and oxygen atoms in total. The molecule has 2 aliphatic heterocycles. The van der Waals surface area contributed by atoms with Crippen LogP contribution in [-0.4, -0.2) is 12.6 Å². The molecule has 3 heteroatoms. The van der Waals surface area contributed by atoms with Gasteiger partial charge in [-0.15, -0.1) is 0 Å². The lowest BCUT2D eigenvalue weighted by Gasteiger charge is -2.42. The van der Waals surface area contributed by atoms with Crippen LogP contribution >= 0.6 is 0 Å². The molecule has 148 valence electrons. The normalized spacial score (nSPS) is 21.1. The smallest absolute Gasteiger partial charge is 0.150 e. The van der Waals surface area contributed by atoms with E-state index in [1.165, 1.54) is 11.1 Å². The summed E-state index contributed by atoms with van der Waals surface area (Å²) in [5.41, 5.74) is 7.22. The molecule has 2 aliphatic rings. The minimum Gasteiger partial charge on any atom is -0.496 e. The van der Waals surface area contributed by atoms with Crippen molar-refractivity contribution in [3.63, 3.8) is 0 Å². The molecular formula is C26H27NO2. The Bertz CT molecular complexity index is 1070. The van der Waals surface area contributed by atoms with Crippen LogP contribution in [0.1, 0.15) is 55.9 Å². The van der Waals surface area contributed by atoms with Crippen molar-refractivity contribution >= 4 is 5.69 Å². The lowest BCUT2D eigenvalue weighted by Crippen LogP contribution is -2.37. The van der Waals surface area contributed by atoms with Gasteiger partial charge in [0.05, 0.1) is 7.11 Å². The van der Waals surface area contributed by atoms with Crippen molar-refractivity contribution in [3.8, 4) is 22.6 Å². The molecule has 3 aromatic rings. The third-order valence-electron chi connectivity index (χ3n) is 6.14. The van der Waals surface area contributed by atoms with Crippen molar-refractivity contribution in [2.45, 2.75) is 44.8 Å². The van der Waals surface area contributed by atoms with E-state index in [-0.39, 0.29) is 11.6 Å². The molecule has 2 unspecified atom stereocenters. The van der Waals surface area contributed by atoms with Gasteiger partial charge >= 0.3 is 0 Å². The highest BCUT2D eigenvalue weighted by molar-refractivity contribution is 5.86. The van der Waals surface area contributed by atoms with E-state index >= 15 is 0 Å². The van der Waals surface area contributed by atoms with Crippen molar-refractivity contribution in [1.29, 1.82) is 0 Å². The van der Waals surface area contributed by atoms with Gasteiger partial charge in [-0.2, -0.15) is 0 Å². The Morgan fingerprint density at radius 2 is 1.72 bits per heavy atom. The van der Waals surface area contributed by atoms with Gasteiger partial charge in [0, 0.05) is 34.0 Å². The maximum Gasteiger partial charge on any atom is 0.150 e. The fraction of sp³-hybridized carbons (Fsp3) is 0.308. The average molecular weight is 386 g/mol. The highest BCUT2D eigenvalue weighted by Gasteiger charge is 2.39. The van der Waals surface area contributed by atoms with E-state index in [4.69, 9.17) is 9.47 Å². The molecule has 0 aliphatic carbocycles. The molecule has 0 radical (unpaired) electrons. The monoisotopic (exact) mass is 385 g/mol. The second-order valence-electron chi connectivity index (χ2n) is 8.85. The molecule has 2 heterocycles. The Morgan fingerprint density at radius 3 is 2.48 bits per heavy atom. The number of fused-ring (bicyclic) bond motifs is 5. The SMILES string of the molecule is COc1cc2c(c3c1-c1ccccc1OC3c1ccccc1)C(C)CC(C)(C)N2. The number of benzene rings is 3. The molecular weight excluding hydrogens is 358 g/mol. The predicted octanol–water partition coefficient (Wildman–Crippen LogP) is 6.54. The van der Waals surface area contributed by atoms with Crippen molar-refractivity contribution < 1.29 is 9.47 Å². The Morgan fingerprint density at radius 1 is 1.00 bits per heavy atom. The van der Waals surface area contributed by atoms with Gasteiger partial charge in [0.1, 0.15) is 17.6 Å². The summed E-state index contributed by atoms with van der Waals surface area (Å²) in [6, 6.07) is 21.0. The summed E-state index contributed by atoms with van der Waals surface area (Å²) in [6.45, 7) is 6.86. The van der Waals surface area contributed by atoms with E-state index in [1.807, 2.05) is 6.07 Å². The van der Waals surface area contributed by atoms with Crippen LogP contribution in [0.15, 0.2) is 60.7 Å². The Kier molecular flexibility index (Phi) is 4.09. The molecule has 2 atom stereocenters. The number of ether oxygens (including phenoxy) is 2. The highest BCUT2D eigenvalue weighted by Crippen LogP contribution is 2.55. The van der Waals surface area contributed by atoms with E-state index in [9.17, 15) is 0 Å². The molecule has 0 aromatic heterocycles. The van der Waals surface area contributed by atoms with Gasteiger partial charge in [-0.1, -0.05) is 55.5 Å². The number of methoxy groups -OCH3 is 1. The summed E-state index contributed by atoms with van der Waals surface area (Å²) in [5.74, 6) is 2.22. The first-order chi connectivity index (χ1) is 14.0. The van der Waals surface area contributed by atoms with Crippen LogP contribution in [-0.2, 0) is 0 Å². The fourth-order valence-electron chi connectivity index (χ4n) is 5.15. The molecule has 0 bridgehead atoms. The van der Waals surface area contributed by atoms with E-state index in [0.717, 1.165) is 40.3 Å². The molecule has 0 fully saturated rings. The van der Waals surface area contributed by atoms with Gasteiger partial charge < -0.3 is 14.8 Å². The molecule has 0 amide bonds. The van der Waals surface area contributed by atoms with E-state index < -0.39 is 0 Å². The average Bonchev–Trinajstić information content (AvgIpc) is 2.71. The summed E-state index contributed by atoms with van der Waals surface area (Å²) < 4.78 is 12.6. The quantitative estimate of drug-likeness (QED) is 0.543. The summed E-state index contributed by atoms with van der Waals surface area (Å²) in [6.07, 6.45) is 0.914. The van der Waals surface area contributed by atoms with Crippen LogP contribution in [0, 0.1) is 0 Å².